The third-order valence-electron chi connectivity index (χ3n) is 7.05. The second-order valence-electron chi connectivity index (χ2n) is 8.32. The van der Waals surface area contributed by atoms with E-state index >= 15 is 0 Å². The van der Waals surface area contributed by atoms with Crippen molar-refractivity contribution in [1.29, 1.82) is 0 Å². The van der Waals surface area contributed by atoms with Crippen LogP contribution >= 0.6 is 0 Å². The van der Waals surface area contributed by atoms with Crippen LogP contribution in [-0.4, -0.2) is 68.3 Å². The molecule has 4 rings (SSSR count). The summed E-state index contributed by atoms with van der Waals surface area (Å²) in [6.45, 7) is 3.18. The number of nitrogens with zero attached hydrogens (tertiary/aromatic N) is 2. The van der Waals surface area contributed by atoms with Crippen LogP contribution < -0.4 is 14.2 Å². The number of carbonyl (C=O) groups is 1. The molecule has 6 heteroatoms. The maximum absolute atomic E-state index is 13.1. The Balaban J connectivity index is 1.52. The number of benzene rings is 1. The molecule has 1 aromatic carbocycles. The van der Waals surface area contributed by atoms with Crippen LogP contribution in [0.5, 0.6) is 17.2 Å². The molecule has 2 saturated heterocycles. The molecule has 0 spiro atoms. The summed E-state index contributed by atoms with van der Waals surface area (Å²) in [7, 11) is 5.41. The van der Waals surface area contributed by atoms with E-state index in [0.717, 1.165) is 13.0 Å². The van der Waals surface area contributed by atoms with Gasteiger partial charge >= 0.3 is 0 Å². The quantitative estimate of drug-likeness (QED) is 0.793. The van der Waals surface area contributed by atoms with Crippen LogP contribution in [0.15, 0.2) is 18.2 Å². The van der Waals surface area contributed by atoms with Crippen molar-refractivity contribution in [3.8, 4) is 17.2 Å². The minimum Gasteiger partial charge on any atom is -0.493 e. The highest BCUT2D eigenvalue weighted by Gasteiger charge is 2.59. The molecule has 1 aromatic rings. The van der Waals surface area contributed by atoms with Crippen LogP contribution in [0, 0.1) is 5.41 Å². The van der Waals surface area contributed by atoms with E-state index in [4.69, 9.17) is 14.2 Å². The van der Waals surface area contributed by atoms with E-state index in [1.165, 1.54) is 19.3 Å². The van der Waals surface area contributed by atoms with E-state index in [-0.39, 0.29) is 17.9 Å². The Labute approximate surface area is 161 Å². The fourth-order valence-electron chi connectivity index (χ4n) is 5.74. The van der Waals surface area contributed by atoms with Crippen molar-refractivity contribution < 1.29 is 19.0 Å². The first-order valence-corrected chi connectivity index (χ1v) is 9.84. The van der Waals surface area contributed by atoms with Gasteiger partial charge in [0.25, 0.3) is 5.91 Å². The maximum Gasteiger partial charge on any atom is 0.260 e. The Morgan fingerprint density at radius 2 is 1.85 bits per heavy atom. The Bertz CT molecular complexity index is 702. The first kappa shape index (κ1) is 18.4. The second-order valence-corrected chi connectivity index (χ2v) is 8.32. The molecule has 2 bridgehead atoms. The zero-order valence-corrected chi connectivity index (χ0v) is 16.7. The standard InChI is InChI=1S/C21H30N2O4/c1-21-11-14-12-23(18(21)10-6-9-17(21)22(14)2)19(24)13-27-20-15(25-3)7-5-8-16(20)26-4/h5,7-8,14,17-18H,6,9-13H2,1-4H3/t14-,17-,18+,21-/m0/s1. The van der Waals surface area contributed by atoms with Crippen molar-refractivity contribution in [3.63, 3.8) is 0 Å². The molecule has 1 saturated carbocycles. The summed E-state index contributed by atoms with van der Waals surface area (Å²) in [5.74, 6) is 1.69. The molecule has 0 aromatic heterocycles. The third kappa shape index (κ3) is 2.85. The van der Waals surface area contributed by atoms with Crippen molar-refractivity contribution >= 4 is 5.91 Å². The van der Waals surface area contributed by atoms with Gasteiger partial charge in [-0.25, -0.2) is 0 Å². The molecule has 27 heavy (non-hydrogen) atoms. The lowest BCUT2D eigenvalue weighted by molar-refractivity contribution is -0.142. The Morgan fingerprint density at radius 3 is 2.52 bits per heavy atom. The molecule has 6 nitrogen and oxygen atoms in total. The van der Waals surface area contributed by atoms with Gasteiger partial charge in [-0.05, 0) is 44.9 Å². The molecule has 4 atom stereocenters. The third-order valence-corrected chi connectivity index (χ3v) is 7.05. The van der Waals surface area contributed by atoms with Gasteiger partial charge < -0.3 is 19.1 Å². The minimum atomic E-state index is 0.00438. The molecule has 3 fully saturated rings. The van der Waals surface area contributed by atoms with Gasteiger partial charge in [0.1, 0.15) is 0 Å². The van der Waals surface area contributed by atoms with Gasteiger partial charge in [0.2, 0.25) is 5.75 Å². The molecular formula is C21H30N2O4. The number of hydrogen-bond donors (Lipinski definition) is 0. The molecule has 1 amide bonds. The van der Waals surface area contributed by atoms with E-state index in [1.54, 1.807) is 14.2 Å². The van der Waals surface area contributed by atoms with Gasteiger partial charge in [-0.1, -0.05) is 13.0 Å². The molecule has 3 aliphatic rings. The van der Waals surface area contributed by atoms with Gasteiger partial charge in [-0.15, -0.1) is 0 Å². The molecule has 2 aliphatic heterocycles. The number of amides is 1. The van der Waals surface area contributed by atoms with Crippen molar-refractivity contribution in [2.24, 2.45) is 5.41 Å². The van der Waals surface area contributed by atoms with Crippen molar-refractivity contribution in [3.05, 3.63) is 18.2 Å². The first-order valence-electron chi connectivity index (χ1n) is 9.84. The van der Waals surface area contributed by atoms with E-state index in [0.29, 0.717) is 35.4 Å². The summed E-state index contributed by atoms with van der Waals surface area (Å²) in [4.78, 5) is 17.7. The van der Waals surface area contributed by atoms with E-state index < -0.39 is 0 Å². The van der Waals surface area contributed by atoms with Crippen molar-refractivity contribution in [2.45, 2.75) is 50.7 Å². The number of carbonyl (C=O) groups excluding carboxylic acids is 1. The summed E-state index contributed by atoms with van der Waals surface area (Å²) in [5.41, 5.74) is 0.202. The van der Waals surface area contributed by atoms with E-state index in [9.17, 15) is 4.79 Å². The average Bonchev–Trinajstić information content (AvgIpc) is 2.93. The summed E-state index contributed by atoms with van der Waals surface area (Å²) in [5, 5.41) is 0. The fraction of sp³-hybridized carbons (Fsp3) is 0.667. The topological polar surface area (TPSA) is 51.2 Å². The highest BCUT2D eigenvalue weighted by atomic mass is 16.5. The predicted molar refractivity (Wildman–Crippen MR) is 102 cm³/mol. The van der Waals surface area contributed by atoms with Crippen LogP contribution in [0.25, 0.3) is 0 Å². The molecule has 0 unspecified atom stereocenters. The van der Waals surface area contributed by atoms with Gasteiger partial charge in [0.05, 0.1) is 14.2 Å². The lowest BCUT2D eigenvalue weighted by atomic mass is 9.66. The number of hydrogen-bond acceptors (Lipinski definition) is 5. The largest absolute Gasteiger partial charge is 0.493 e. The van der Waals surface area contributed by atoms with Crippen LogP contribution in [0.4, 0.5) is 0 Å². The number of fused-ring (bicyclic) bond motifs is 1. The predicted octanol–water partition coefficient (Wildman–Crippen LogP) is 2.56. The van der Waals surface area contributed by atoms with Gasteiger partial charge in [0, 0.05) is 30.1 Å². The molecule has 0 radical (unpaired) electrons. The van der Waals surface area contributed by atoms with Crippen LogP contribution in [-0.2, 0) is 4.79 Å². The van der Waals surface area contributed by atoms with Crippen LogP contribution in [0.1, 0.15) is 32.6 Å². The molecular weight excluding hydrogens is 344 g/mol. The highest BCUT2D eigenvalue weighted by molar-refractivity contribution is 5.79. The number of ether oxygens (including phenoxy) is 3. The minimum absolute atomic E-state index is 0.00438. The number of rotatable bonds is 5. The van der Waals surface area contributed by atoms with Crippen molar-refractivity contribution in [1.82, 2.24) is 9.80 Å². The lowest BCUT2D eigenvalue weighted by Crippen LogP contribution is -2.58. The lowest BCUT2D eigenvalue weighted by Gasteiger charge is -2.50. The zero-order valence-electron chi connectivity index (χ0n) is 16.7. The Hall–Kier alpha value is -1.95. The second kappa shape index (κ2) is 6.89. The van der Waals surface area contributed by atoms with Gasteiger partial charge in [-0.2, -0.15) is 0 Å². The number of para-hydroxylation sites is 1. The number of methoxy groups -OCH3 is 2. The Morgan fingerprint density at radius 1 is 1.19 bits per heavy atom. The van der Waals surface area contributed by atoms with Crippen LogP contribution in [0.3, 0.4) is 0 Å². The number of likely N-dealkylation sites (tertiary alicyclic amines) is 2. The molecule has 148 valence electrons. The van der Waals surface area contributed by atoms with E-state index in [2.05, 4.69) is 23.8 Å². The summed E-state index contributed by atoms with van der Waals surface area (Å²) in [6.07, 6.45) is 4.73. The molecule has 1 aliphatic carbocycles. The van der Waals surface area contributed by atoms with Gasteiger partial charge in [0.15, 0.2) is 18.1 Å². The summed E-state index contributed by atoms with van der Waals surface area (Å²) >= 11 is 0. The normalized spacial score (nSPS) is 32.3. The first-order chi connectivity index (χ1) is 13.0. The monoisotopic (exact) mass is 374 g/mol. The Kier molecular flexibility index (Phi) is 4.70. The summed E-state index contributed by atoms with van der Waals surface area (Å²) in [6, 6.07) is 6.82. The average molecular weight is 374 g/mol. The maximum atomic E-state index is 13.1. The summed E-state index contributed by atoms with van der Waals surface area (Å²) < 4.78 is 16.6. The zero-order chi connectivity index (χ0) is 19.2. The SMILES string of the molecule is COc1cccc(OC)c1OCC(=O)N1C[C@@H]2C[C@@]3(C)[C@H](CCC[C@@H]13)N2C. The van der Waals surface area contributed by atoms with E-state index in [1.807, 2.05) is 18.2 Å². The number of likely N-dealkylation sites (N-methyl/N-ethyl adjacent to an activating group) is 1. The molecule has 2 heterocycles. The fourth-order valence-corrected chi connectivity index (χ4v) is 5.74. The van der Waals surface area contributed by atoms with Crippen molar-refractivity contribution in [2.75, 3.05) is 34.4 Å². The smallest absolute Gasteiger partial charge is 0.260 e. The number of piperidine rings is 1. The van der Waals surface area contributed by atoms with Gasteiger partial charge in [-0.3, -0.25) is 9.69 Å². The molecule has 0 N–H and O–H groups in total. The highest BCUT2D eigenvalue weighted by Crippen LogP contribution is 2.53. The van der Waals surface area contributed by atoms with Crippen LogP contribution in [0.2, 0.25) is 0 Å².